The van der Waals surface area contributed by atoms with Gasteiger partial charge in [0.2, 0.25) is 0 Å². The molecule has 0 saturated carbocycles. The Morgan fingerprint density at radius 3 is 2.88 bits per heavy atom. The number of hydrogen-bond donors (Lipinski definition) is 1. The van der Waals surface area contributed by atoms with Gasteiger partial charge in [-0.15, -0.1) is 11.3 Å². The first-order valence-corrected chi connectivity index (χ1v) is 9.66. The van der Waals surface area contributed by atoms with Gasteiger partial charge < -0.3 is 9.84 Å². The summed E-state index contributed by atoms with van der Waals surface area (Å²) in [6.07, 6.45) is 2.75. The number of aryl methyl sites for hydroxylation is 2. The summed E-state index contributed by atoms with van der Waals surface area (Å²) in [6.45, 7) is 4.13. The fraction of sp³-hybridized carbons (Fsp3) is 0.556. The van der Waals surface area contributed by atoms with E-state index in [0.29, 0.717) is 42.0 Å². The molecule has 0 radical (unpaired) electrons. The number of carboxylic acids is 1. The van der Waals surface area contributed by atoms with Crippen LogP contribution in [-0.2, 0) is 27.3 Å². The van der Waals surface area contributed by atoms with E-state index >= 15 is 0 Å². The molecule has 0 spiro atoms. The quantitative estimate of drug-likeness (QED) is 0.776. The van der Waals surface area contributed by atoms with Gasteiger partial charge in [-0.3, -0.25) is 19.0 Å². The fourth-order valence-electron chi connectivity index (χ4n) is 3.55. The van der Waals surface area contributed by atoms with Gasteiger partial charge in [0.15, 0.2) is 0 Å². The Labute approximate surface area is 154 Å². The van der Waals surface area contributed by atoms with Crippen molar-refractivity contribution in [1.82, 2.24) is 9.55 Å². The van der Waals surface area contributed by atoms with Gasteiger partial charge in [-0.2, -0.15) is 0 Å². The van der Waals surface area contributed by atoms with Gasteiger partial charge in [-0.05, 0) is 45.1 Å². The Balaban J connectivity index is 2.09. The van der Waals surface area contributed by atoms with Gasteiger partial charge in [0.05, 0.1) is 17.9 Å². The molecule has 1 N–H and O–H groups in total. The minimum atomic E-state index is -0.889. The molecule has 140 valence electrons. The van der Waals surface area contributed by atoms with Crippen molar-refractivity contribution >= 4 is 33.5 Å². The van der Waals surface area contributed by atoms with Crippen LogP contribution in [0.2, 0.25) is 0 Å². The van der Waals surface area contributed by atoms with Crippen LogP contribution < -0.4 is 5.56 Å². The second-order valence-corrected chi connectivity index (χ2v) is 7.51. The summed E-state index contributed by atoms with van der Waals surface area (Å²) in [4.78, 5) is 42.5. The second-order valence-electron chi connectivity index (χ2n) is 6.43. The molecule has 1 aliphatic carbocycles. The third kappa shape index (κ3) is 3.38. The smallest absolute Gasteiger partial charge is 0.313 e. The van der Waals surface area contributed by atoms with Crippen LogP contribution in [0.15, 0.2) is 4.79 Å². The van der Waals surface area contributed by atoms with E-state index in [1.165, 1.54) is 15.9 Å². The highest BCUT2D eigenvalue weighted by atomic mass is 32.1. The maximum absolute atomic E-state index is 13.1. The summed E-state index contributed by atoms with van der Waals surface area (Å²) < 4.78 is 6.74. The lowest BCUT2D eigenvalue weighted by Gasteiger charge is -2.21. The van der Waals surface area contributed by atoms with Gasteiger partial charge >= 0.3 is 11.9 Å². The van der Waals surface area contributed by atoms with Crippen molar-refractivity contribution in [2.45, 2.75) is 58.4 Å². The van der Waals surface area contributed by atoms with Crippen molar-refractivity contribution in [3.05, 3.63) is 26.6 Å². The van der Waals surface area contributed by atoms with Crippen LogP contribution in [0.3, 0.4) is 0 Å². The number of aromatic nitrogens is 2. The van der Waals surface area contributed by atoms with Gasteiger partial charge in [0.25, 0.3) is 5.56 Å². The van der Waals surface area contributed by atoms with Crippen LogP contribution in [0, 0.1) is 6.92 Å². The standard InChI is InChI=1S/C18H22N2O5S/c1-3-25-18(24)11-6-4-7-12-14(11)15-16(26-12)19-10(2)20(17(15)23)9-5-8-13(21)22/h11H,3-9H2,1-2H3,(H,21,22). The molecule has 1 atom stereocenters. The Morgan fingerprint density at radius 2 is 2.19 bits per heavy atom. The Kier molecular flexibility index (Phi) is 5.41. The van der Waals surface area contributed by atoms with Crippen molar-refractivity contribution in [1.29, 1.82) is 0 Å². The molecular formula is C18H22N2O5S. The first-order chi connectivity index (χ1) is 12.4. The van der Waals surface area contributed by atoms with Gasteiger partial charge in [0.1, 0.15) is 10.7 Å². The number of esters is 1. The predicted octanol–water partition coefficient (Wildman–Crippen LogP) is 2.61. The highest BCUT2D eigenvalue weighted by molar-refractivity contribution is 7.18. The van der Waals surface area contributed by atoms with E-state index in [9.17, 15) is 14.4 Å². The number of carboxylic acid groups (broad SMARTS) is 1. The fourth-order valence-corrected chi connectivity index (χ4v) is 4.86. The third-order valence-corrected chi connectivity index (χ3v) is 5.86. The van der Waals surface area contributed by atoms with Crippen LogP contribution in [0.5, 0.6) is 0 Å². The number of hydrogen-bond acceptors (Lipinski definition) is 6. The van der Waals surface area contributed by atoms with Crippen LogP contribution in [0.4, 0.5) is 0 Å². The van der Waals surface area contributed by atoms with E-state index in [0.717, 1.165) is 23.3 Å². The van der Waals surface area contributed by atoms with E-state index < -0.39 is 11.9 Å². The molecule has 2 heterocycles. The SMILES string of the molecule is CCOC(=O)C1CCCc2sc3nc(C)n(CCCC(=O)O)c(=O)c3c21. The molecule has 2 aromatic rings. The van der Waals surface area contributed by atoms with Crippen LogP contribution >= 0.6 is 11.3 Å². The molecule has 0 saturated heterocycles. The molecule has 0 aromatic carbocycles. The number of fused-ring (bicyclic) bond motifs is 3. The Bertz CT molecular complexity index is 914. The molecule has 0 bridgehead atoms. The summed E-state index contributed by atoms with van der Waals surface area (Å²) in [6, 6.07) is 0. The minimum Gasteiger partial charge on any atom is -0.481 e. The summed E-state index contributed by atoms with van der Waals surface area (Å²) >= 11 is 1.48. The Hall–Kier alpha value is -2.22. The van der Waals surface area contributed by atoms with Crippen LogP contribution in [-0.4, -0.2) is 33.2 Å². The molecule has 0 amide bonds. The van der Waals surface area contributed by atoms with Crippen LogP contribution in [0.1, 0.15) is 54.8 Å². The van der Waals surface area contributed by atoms with Crippen molar-refractivity contribution in [2.75, 3.05) is 6.61 Å². The summed E-state index contributed by atoms with van der Waals surface area (Å²) in [5.74, 6) is -1.03. The van der Waals surface area contributed by atoms with E-state index in [4.69, 9.17) is 9.84 Å². The monoisotopic (exact) mass is 378 g/mol. The van der Waals surface area contributed by atoms with Crippen molar-refractivity contribution < 1.29 is 19.4 Å². The lowest BCUT2D eigenvalue weighted by Crippen LogP contribution is -2.26. The third-order valence-electron chi connectivity index (χ3n) is 4.71. The second kappa shape index (κ2) is 7.57. The van der Waals surface area contributed by atoms with E-state index in [1.807, 2.05) is 0 Å². The average Bonchev–Trinajstić information content (AvgIpc) is 2.95. The molecule has 1 aliphatic rings. The van der Waals surface area contributed by atoms with Gasteiger partial charge in [-0.25, -0.2) is 4.98 Å². The summed E-state index contributed by atoms with van der Waals surface area (Å²) in [5, 5.41) is 9.32. The highest BCUT2D eigenvalue weighted by Crippen LogP contribution is 2.41. The topological polar surface area (TPSA) is 98.5 Å². The number of thiophene rings is 1. The number of ether oxygens (including phenoxy) is 1. The molecule has 8 heteroatoms. The molecule has 0 fully saturated rings. The number of aliphatic carboxylic acids is 1. The first kappa shape index (κ1) is 18.6. The average molecular weight is 378 g/mol. The first-order valence-electron chi connectivity index (χ1n) is 8.85. The van der Waals surface area contributed by atoms with E-state index in [-0.39, 0.29) is 17.9 Å². The Morgan fingerprint density at radius 1 is 1.42 bits per heavy atom. The largest absolute Gasteiger partial charge is 0.481 e. The molecule has 1 unspecified atom stereocenters. The normalized spacial score (nSPS) is 16.5. The van der Waals surface area contributed by atoms with Crippen molar-refractivity contribution in [3.63, 3.8) is 0 Å². The van der Waals surface area contributed by atoms with Crippen molar-refractivity contribution in [3.8, 4) is 0 Å². The maximum Gasteiger partial charge on any atom is 0.313 e. The van der Waals surface area contributed by atoms with E-state index in [2.05, 4.69) is 4.98 Å². The minimum absolute atomic E-state index is 0.00286. The lowest BCUT2D eigenvalue weighted by molar-refractivity contribution is -0.145. The summed E-state index contributed by atoms with van der Waals surface area (Å²) in [7, 11) is 0. The molecule has 7 nitrogen and oxygen atoms in total. The zero-order valence-corrected chi connectivity index (χ0v) is 15.7. The number of carbonyl (C=O) groups is 2. The van der Waals surface area contributed by atoms with E-state index in [1.54, 1.807) is 13.8 Å². The van der Waals surface area contributed by atoms with Gasteiger partial charge in [-0.1, -0.05) is 0 Å². The van der Waals surface area contributed by atoms with Gasteiger partial charge in [0, 0.05) is 17.8 Å². The zero-order valence-electron chi connectivity index (χ0n) is 14.9. The molecule has 3 rings (SSSR count). The highest BCUT2D eigenvalue weighted by Gasteiger charge is 2.33. The number of rotatable bonds is 6. The molecule has 26 heavy (non-hydrogen) atoms. The molecule has 2 aromatic heterocycles. The molecular weight excluding hydrogens is 356 g/mol. The van der Waals surface area contributed by atoms with Crippen LogP contribution in [0.25, 0.3) is 10.2 Å². The van der Waals surface area contributed by atoms with Crippen molar-refractivity contribution in [2.24, 2.45) is 0 Å². The summed E-state index contributed by atoms with van der Waals surface area (Å²) in [5.41, 5.74) is 0.589. The predicted molar refractivity (Wildman–Crippen MR) is 97.8 cm³/mol. The number of carbonyl (C=O) groups excluding carboxylic acids is 1. The zero-order chi connectivity index (χ0) is 18.8. The maximum atomic E-state index is 13.1. The number of nitrogens with zero attached hydrogens (tertiary/aromatic N) is 2. The lowest BCUT2D eigenvalue weighted by atomic mass is 9.86. The molecule has 0 aliphatic heterocycles.